The second kappa shape index (κ2) is 6.05. The minimum atomic E-state index is -3.72. The lowest BCUT2D eigenvalue weighted by atomic mass is 9.91. The second-order valence-electron chi connectivity index (χ2n) is 6.14. The Morgan fingerprint density at radius 1 is 1.22 bits per heavy atom. The van der Waals surface area contributed by atoms with E-state index >= 15 is 0 Å². The number of hydrogen-bond donors (Lipinski definition) is 1. The van der Waals surface area contributed by atoms with Crippen molar-refractivity contribution in [3.8, 4) is 0 Å². The average Bonchev–Trinajstić information content (AvgIpc) is 2.55. The molecular formula is C16H19NO5S. The molecule has 2 aliphatic rings. The van der Waals surface area contributed by atoms with Crippen LogP contribution >= 0.6 is 0 Å². The number of fused-ring (bicyclic) bond motifs is 1. The van der Waals surface area contributed by atoms with Gasteiger partial charge in [-0.05, 0) is 49.4 Å². The molecule has 124 valence electrons. The van der Waals surface area contributed by atoms with E-state index in [0.29, 0.717) is 37.8 Å². The Hall–Kier alpha value is -1.73. The summed E-state index contributed by atoms with van der Waals surface area (Å²) in [5.74, 6) is -1.56. The molecule has 0 spiro atoms. The molecule has 1 N–H and O–H groups in total. The van der Waals surface area contributed by atoms with Crippen LogP contribution in [0.25, 0.3) is 0 Å². The number of aryl methyl sites for hydroxylation is 1. The van der Waals surface area contributed by atoms with Crippen LogP contribution in [0.4, 0.5) is 0 Å². The van der Waals surface area contributed by atoms with Gasteiger partial charge in [-0.1, -0.05) is 0 Å². The number of aliphatic carboxylic acids is 1. The minimum Gasteiger partial charge on any atom is -0.481 e. The van der Waals surface area contributed by atoms with Gasteiger partial charge in [-0.2, -0.15) is 4.31 Å². The smallest absolute Gasteiger partial charge is 0.307 e. The van der Waals surface area contributed by atoms with E-state index in [4.69, 9.17) is 5.11 Å². The largest absolute Gasteiger partial charge is 0.481 e. The highest BCUT2D eigenvalue weighted by Crippen LogP contribution is 2.28. The number of rotatable bonds is 3. The van der Waals surface area contributed by atoms with Gasteiger partial charge in [-0.15, -0.1) is 0 Å². The molecule has 1 unspecified atom stereocenters. The van der Waals surface area contributed by atoms with E-state index in [1.807, 2.05) is 0 Å². The maximum Gasteiger partial charge on any atom is 0.307 e. The number of ketones is 1. The van der Waals surface area contributed by atoms with E-state index in [9.17, 15) is 18.0 Å². The third kappa shape index (κ3) is 3.03. The highest BCUT2D eigenvalue weighted by Gasteiger charge is 2.33. The molecular weight excluding hydrogens is 318 g/mol. The molecule has 1 aliphatic heterocycles. The van der Waals surface area contributed by atoms with Crippen LogP contribution < -0.4 is 0 Å². The first-order chi connectivity index (χ1) is 10.9. The number of sulfonamides is 1. The summed E-state index contributed by atoms with van der Waals surface area (Å²) < 4.78 is 26.8. The van der Waals surface area contributed by atoms with Crippen LogP contribution in [0.2, 0.25) is 0 Å². The molecule has 1 aromatic carbocycles. The van der Waals surface area contributed by atoms with E-state index in [1.165, 1.54) is 10.4 Å². The standard InChI is InChI=1S/C16H19NO5S/c18-15-5-1-3-11-9-13(6-7-14(11)15)23(21,22)17-8-2-4-12(10-17)16(19)20/h6-7,9,12H,1-5,8,10H2,(H,19,20). The molecule has 1 atom stereocenters. The van der Waals surface area contributed by atoms with Crippen LogP contribution in [-0.4, -0.2) is 42.7 Å². The lowest BCUT2D eigenvalue weighted by molar-refractivity contribution is -0.142. The van der Waals surface area contributed by atoms with Gasteiger partial charge in [-0.25, -0.2) is 8.42 Å². The number of piperidine rings is 1. The maximum atomic E-state index is 12.8. The van der Waals surface area contributed by atoms with E-state index in [2.05, 4.69) is 0 Å². The number of carboxylic acid groups (broad SMARTS) is 1. The molecule has 1 aliphatic carbocycles. The van der Waals surface area contributed by atoms with Crippen LogP contribution in [-0.2, 0) is 21.2 Å². The van der Waals surface area contributed by atoms with Crippen LogP contribution in [0, 0.1) is 5.92 Å². The summed E-state index contributed by atoms with van der Waals surface area (Å²) in [7, 11) is -3.72. The zero-order valence-corrected chi connectivity index (χ0v) is 13.5. The van der Waals surface area contributed by atoms with Gasteiger partial charge >= 0.3 is 5.97 Å². The van der Waals surface area contributed by atoms with Crippen LogP contribution in [0.5, 0.6) is 0 Å². The predicted molar refractivity (Wildman–Crippen MR) is 82.8 cm³/mol. The summed E-state index contributed by atoms with van der Waals surface area (Å²) in [6.07, 6.45) is 2.98. The predicted octanol–water partition coefficient (Wildman–Crippen LogP) is 1.69. The molecule has 1 heterocycles. The SMILES string of the molecule is O=C1CCCc2cc(S(=O)(=O)N3CCCC(C(=O)O)C3)ccc21. The van der Waals surface area contributed by atoms with E-state index in [0.717, 1.165) is 12.0 Å². The molecule has 7 heteroatoms. The summed E-state index contributed by atoms with van der Waals surface area (Å²) >= 11 is 0. The Labute approximate surface area is 135 Å². The van der Waals surface area contributed by atoms with Gasteiger partial charge in [0.2, 0.25) is 10.0 Å². The van der Waals surface area contributed by atoms with Crippen molar-refractivity contribution in [1.82, 2.24) is 4.31 Å². The van der Waals surface area contributed by atoms with Crippen LogP contribution in [0.1, 0.15) is 41.6 Å². The molecule has 6 nitrogen and oxygen atoms in total. The first-order valence-corrected chi connectivity index (χ1v) is 9.22. The fourth-order valence-electron chi connectivity index (χ4n) is 3.29. The van der Waals surface area contributed by atoms with Gasteiger partial charge < -0.3 is 5.11 Å². The van der Waals surface area contributed by atoms with Crippen molar-refractivity contribution >= 4 is 21.8 Å². The van der Waals surface area contributed by atoms with Crippen molar-refractivity contribution in [3.63, 3.8) is 0 Å². The zero-order chi connectivity index (χ0) is 16.6. The van der Waals surface area contributed by atoms with Gasteiger partial charge in [0.25, 0.3) is 0 Å². The Kier molecular flexibility index (Phi) is 4.25. The highest BCUT2D eigenvalue weighted by molar-refractivity contribution is 7.89. The van der Waals surface area contributed by atoms with Gasteiger partial charge in [0, 0.05) is 25.1 Å². The van der Waals surface area contributed by atoms with Crippen molar-refractivity contribution in [1.29, 1.82) is 0 Å². The second-order valence-corrected chi connectivity index (χ2v) is 8.07. The van der Waals surface area contributed by atoms with Crippen LogP contribution in [0.15, 0.2) is 23.1 Å². The number of carbonyl (C=O) groups is 2. The molecule has 0 aromatic heterocycles. The fourth-order valence-corrected chi connectivity index (χ4v) is 4.87. The van der Waals surface area contributed by atoms with Crippen molar-refractivity contribution in [2.75, 3.05) is 13.1 Å². The first-order valence-electron chi connectivity index (χ1n) is 7.78. The maximum absolute atomic E-state index is 12.8. The summed E-state index contributed by atoms with van der Waals surface area (Å²) in [6, 6.07) is 4.62. The number of Topliss-reactive ketones (excluding diaryl/α,β-unsaturated/α-hetero) is 1. The third-order valence-corrected chi connectivity index (χ3v) is 6.46. The van der Waals surface area contributed by atoms with Gasteiger partial charge in [-0.3, -0.25) is 9.59 Å². The molecule has 1 aromatic rings. The Bertz CT molecular complexity index is 756. The monoisotopic (exact) mass is 337 g/mol. The Balaban J connectivity index is 1.91. The number of hydrogen-bond acceptors (Lipinski definition) is 4. The van der Waals surface area contributed by atoms with Crippen molar-refractivity contribution < 1.29 is 23.1 Å². The van der Waals surface area contributed by atoms with Crippen molar-refractivity contribution in [2.24, 2.45) is 5.92 Å². The first kappa shape index (κ1) is 16.1. The Morgan fingerprint density at radius 3 is 2.74 bits per heavy atom. The number of nitrogens with zero attached hydrogens (tertiary/aromatic N) is 1. The molecule has 23 heavy (non-hydrogen) atoms. The molecule has 0 saturated carbocycles. The minimum absolute atomic E-state index is 0.00762. The molecule has 1 fully saturated rings. The van der Waals surface area contributed by atoms with Crippen molar-refractivity contribution in [3.05, 3.63) is 29.3 Å². The fraction of sp³-hybridized carbons (Fsp3) is 0.500. The van der Waals surface area contributed by atoms with Gasteiger partial charge in [0.1, 0.15) is 0 Å². The third-order valence-electron chi connectivity index (χ3n) is 4.60. The number of benzene rings is 1. The van der Waals surface area contributed by atoms with Gasteiger partial charge in [0.05, 0.1) is 10.8 Å². The molecule has 3 rings (SSSR count). The summed E-state index contributed by atoms with van der Waals surface area (Å²) in [6.45, 7) is 0.343. The molecule has 0 radical (unpaired) electrons. The summed E-state index contributed by atoms with van der Waals surface area (Å²) in [5.41, 5.74) is 1.38. The molecule has 1 saturated heterocycles. The van der Waals surface area contributed by atoms with E-state index < -0.39 is 21.9 Å². The lowest BCUT2D eigenvalue weighted by Crippen LogP contribution is -2.42. The lowest BCUT2D eigenvalue weighted by Gasteiger charge is -2.30. The quantitative estimate of drug-likeness (QED) is 0.906. The highest BCUT2D eigenvalue weighted by atomic mass is 32.2. The number of carboxylic acids is 1. The van der Waals surface area contributed by atoms with Crippen molar-refractivity contribution in [2.45, 2.75) is 37.0 Å². The number of carbonyl (C=O) groups excluding carboxylic acids is 1. The normalized spacial score (nSPS) is 22.6. The van der Waals surface area contributed by atoms with E-state index in [-0.39, 0.29) is 17.2 Å². The summed E-state index contributed by atoms with van der Waals surface area (Å²) in [4.78, 5) is 23.1. The Morgan fingerprint density at radius 2 is 2.00 bits per heavy atom. The van der Waals surface area contributed by atoms with E-state index in [1.54, 1.807) is 12.1 Å². The topological polar surface area (TPSA) is 91.8 Å². The van der Waals surface area contributed by atoms with Crippen LogP contribution in [0.3, 0.4) is 0 Å². The molecule has 0 amide bonds. The average molecular weight is 337 g/mol. The van der Waals surface area contributed by atoms with Gasteiger partial charge in [0.15, 0.2) is 5.78 Å². The molecule has 0 bridgehead atoms. The summed E-state index contributed by atoms with van der Waals surface area (Å²) in [5, 5.41) is 9.12. The zero-order valence-electron chi connectivity index (χ0n) is 12.7.